The van der Waals surface area contributed by atoms with Crippen LogP contribution in [0.4, 0.5) is 10.5 Å². The summed E-state index contributed by atoms with van der Waals surface area (Å²) in [6.07, 6.45) is 1.62. The van der Waals surface area contributed by atoms with Crippen molar-refractivity contribution in [1.82, 2.24) is 9.88 Å². The van der Waals surface area contributed by atoms with Crippen LogP contribution >= 0.6 is 0 Å². The van der Waals surface area contributed by atoms with Crippen LogP contribution < -0.4 is 21.9 Å². The summed E-state index contributed by atoms with van der Waals surface area (Å²) in [7, 11) is 0. The molecular weight excluding hydrogens is 292 g/mol. The number of hydrogen-bond donors (Lipinski definition) is 3. The molecule has 2 rings (SSSR count). The smallest absolute Gasteiger partial charge is 0.319 e. The second kappa shape index (κ2) is 7.60. The summed E-state index contributed by atoms with van der Waals surface area (Å²) in [5.74, 6) is 0. The number of anilines is 1. The van der Waals surface area contributed by atoms with Gasteiger partial charge in [-0.1, -0.05) is 24.3 Å². The molecule has 0 aliphatic heterocycles. The predicted octanol–water partition coefficient (Wildman–Crippen LogP) is 2.21. The highest BCUT2D eigenvalue weighted by molar-refractivity contribution is 5.88. The van der Waals surface area contributed by atoms with Gasteiger partial charge in [0, 0.05) is 31.4 Å². The molecule has 23 heavy (non-hydrogen) atoms. The highest BCUT2D eigenvalue weighted by Crippen LogP contribution is 2.10. The van der Waals surface area contributed by atoms with Gasteiger partial charge in [0.1, 0.15) is 0 Å². The van der Waals surface area contributed by atoms with Crippen LogP contribution in [0.2, 0.25) is 0 Å². The Morgan fingerprint density at radius 3 is 2.52 bits per heavy atom. The highest BCUT2D eigenvalue weighted by Gasteiger charge is 2.04. The number of nitrogens with one attached hydrogen (secondary N) is 2. The summed E-state index contributed by atoms with van der Waals surface area (Å²) in [5, 5.41) is 5.49. The fourth-order valence-electron chi connectivity index (χ4n) is 2.15. The van der Waals surface area contributed by atoms with E-state index in [2.05, 4.69) is 10.6 Å². The lowest BCUT2D eigenvalue weighted by atomic mass is 10.1. The summed E-state index contributed by atoms with van der Waals surface area (Å²) in [6.45, 7) is 4.77. The quantitative estimate of drug-likeness (QED) is 0.790. The molecule has 2 aromatic rings. The number of benzene rings is 1. The van der Waals surface area contributed by atoms with Crippen molar-refractivity contribution >= 4 is 11.7 Å². The maximum Gasteiger partial charge on any atom is 0.319 e. The summed E-state index contributed by atoms with van der Waals surface area (Å²) < 4.78 is 1.53. The van der Waals surface area contributed by atoms with E-state index >= 15 is 0 Å². The number of amides is 2. The number of nitrogens with zero attached hydrogens (tertiary/aromatic N) is 1. The van der Waals surface area contributed by atoms with Gasteiger partial charge in [0.15, 0.2) is 0 Å². The monoisotopic (exact) mass is 314 g/mol. The topological polar surface area (TPSA) is 89.2 Å². The molecule has 0 aliphatic carbocycles. The van der Waals surface area contributed by atoms with Crippen LogP contribution in [-0.2, 0) is 13.1 Å². The first-order valence-electron chi connectivity index (χ1n) is 7.59. The number of rotatable bonds is 5. The van der Waals surface area contributed by atoms with Gasteiger partial charge in [-0.15, -0.1) is 0 Å². The Labute approximate surface area is 135 Å². The summed E-state index contributed by atoms with van der Waals surface area (Å²) in [5.41, 5.74) is 8.34. The normalized spacial score (nSPS) is 11.8. The van der Waals surface area contributed by atoms with E-state index in [1.807, 2.05) is 38.1 Å². The predicted molar refractivity (Wildman–Crippen MR) is 91.3 cm³/mol. The summed E-state index contributed by atoms with van der Waals surface area (Å²) in [4.78, 5) is 23.4. The molecule has 0 bridgehead atoms. The van der Waals surface area contributed by atoms with E-state index in [0.29, 0.717) is 18.8 Å². The molecule has 1 unspecified atom stereocenters. The Balaban J connectivity index is 1.91. The zero-order chi connectivity index (χ0) is 16.8. The molecule has 0 saturated heterocycles. The third-order valence-corrected chi connectivity index (χ3v) is 3.54. The van der Waals surface area contributed by atoms with Gasteiger partial charge in [0.25, 0.3) is 5.56 Å². The van der Waals surface area contributed by atoms with Crippen LogP contribution in [0, 0.1) is 0 Å². The molecule has 4 N–H and O–H groups in total. The van der Waals surface area contributed by atoms with Crippen molar-refractivity contribution < 1.29 is 4.79 Å². The number of nitrogens with two attached hydrogens (primary N) is 1. The summed E-state index contributed by atoms with van der Waals surface area (Å²) >= 11 is 0. The minimum atomic E-state index is -0.317. The van der Waals surface area contributed by atoms with E-state index in [9.17, 15) is 9.59 Å². The molecule has 0 radical (unpaired) electrons. The average molecular weight is 314 g/mol. The number of aromatic nitrogens is 1. The van der Waals surface area contributed by atoms with Gasteiger partial charge in [-0.25, -0.2) is 4.79 Å². The fraction of sp³-hybridized carbons (Fsp3) is 0.294. The molecule has 0 spiro atoms. The van der Waals surface area contributed by atoms with Crippen LogP contribution in [0.1, 0.15) is 31.0 Å². The molecule has 2 amide bonds. The van der Waals surface area contributed by atoms with Gasteiger partial charge >= 0.3 is 6.03 Å². The van der Waals surface area contributed by atoms with E-state index < -0.39 is 0 Å². The number of carbonyl (C=O) groups is 1. The number of hydrogen-bond acceptors (Lipinski definition) is 3. The van der Waals surface area contributed by atoms with Gasteiger partial charge in [-0.3, -0.25) is 4.79 Å². The Kier molecular flexibility index (Phi) is 5.54. The highest BCUT2D eigenvalue weighted by atomic mass is 16.2. The zero-order valence-electron chi connectivity index (χ0n) is 13.4. The van der Waals surface area contributed by atoms with Gasteiger partial charge in [0.2, 0.25) is 0 Å². The molecule has 0 saturated carbocycles. The molecule has 6 heteroatoms. The molecule has 1 heterocycles. The lowest BCUT2D eigenvalue weighted by molar-refractivity contribution is 0.251. The van der Waals surface area contributed by atoms with E-state index in [0.717, 1.165) is 11.1 Å². The Morgan fingerprint density at radius 2 is 1.91 bits per heavy atom. The maximum atomic E-state index is 11.9. The number of urea groups is 1. The molecule has 1 aromatic heterocycles. The lowest BCUT2D eigenvalue weighted by Gasteiger charge is -2.10. The second-order valence-electron chi connectivity index (χ2n) is 5.38. The Bertz CT molecular complexity index is 720. The Hall–Kier alpha value is -2.60. The van der Waals surface area contributed by atoms with E-state index in [-0.39, 0.29) is 17.6 Å². The zero-order valence-corrected chi connectivity index (χ0v) is 13.4. The third-order valence-electron chi connectivity index (χ3n) is 3.54. The Morgan fingerprint density at radius 1 is 1.22 bits per heavy atom. The third kappa shape index (κ3) is 4.69. The fourth-order valence-corrected chi connectivity index (χ4v) is 2.15. The molecule has 1 aromatic carbocycles. The number of aryl methyl sites for hydroxylation is 1. The van der Waals surface area contributed by atoms with Crippen molar-refractivity contribution in [3.63, 3.8) is 0 Å². The van der Waals surface area contributed by atoms with Crippen molar-refractivity contribution in [2.75, 3.05) is 5.32 Å². The maximum absolute atomic E-state index is 11.9. The first-order chi connectivity index (χ1) is 11.0. The molecule has 1 atom stereocenters. The first-order valence-corrected chi connectivity index (χ1v) is 7.59. The molecule has 6 nitrogen and oxygen atoms in total. The van der Waals surface area contributed by atoms with Gasteiger partial charge in [-0.05, 0) is 31.0 Å². The van der Waals surface area contributed by atoms with E-state index in [4.69, 9.17) is 5.73 Å². The standard InChI is InChI=1S/C17H22N4O2/c1-3-21-11-15(8-9-16(21)22)20-17(23)19-10-13-4-6-14(7-5-13)12(2)18/h4-9,11-12H,3,10,18H2,1-2H3,(H2,19,20,23). The van der Waals surface area contributed by atoms with Crippen LogP contribution in [0.5, 0.6) is 0 Å². The van der Waals surface area contributed by atoms with Crippen molar-refractivity contribution in [3.8, 4) is 0 Å². The average Bonchev–Trinajstić information content (AvgIpc) is 2.55. The van der Waals surface area contributed by atoms with Gasteiger partial charge in [0.05, 0.1) is 5.69 Å². The van der Waals surface area contributed by atoms with Crippen LogP contribution in [0.3, 0.4) is 0 Å². The molecular formula is C17H22N4O2. The molecule has 122 valence electrons. The SMILES string of the molecule is CCn1cc(NC(=O)NCc2ccc(C(C)N)cc2)ccc1=O. The van der Waals surface area contributed by atoms with Crippen molar-refractivity contribution in [1.29, 1.82) is 0 Å². The van der Waals surface area contributed by atoms with Crippen molar-refractivity contribution in [2.24, 2.45) is 5.73 Å². The van der Waals surface area contributed by atoms with Gasteiger partial charge in [-0.2, -0.15) is 0 Å². The number of carbonyl (C=O) groups excluding carboxylic acids is 1. The van der Waals surface area contributed by atoms with Crippen LogP contribution in [0.15, 0.2) is 47.4 Å². The first kappa shape index (κ1) is 16.8. The van der Waals surface area contributed by atoms with Gasteiger partial charge < -0.3 is 20.9 Å². The molecule has 0 aliphatic rings. The van der Waals surface area contributed by atoms with Crippen molar-refractivity contribution in [3.05, 3.63) is 64.1 Å². The van der Waals surface area contributed by atoms with Crippen LogP contribution in [-0.4, -0.2) is 10.6 Å². The second-order valence-corrected chi connectivity index (χ2v) is 5.38. The minimum Gasteiger partial charge on any atom is -0.334 e. The van der Waals surface area contributed by atoms with Crippen molar-refractivity contribution in [2.45, 2.75) is 33.0 Å². The molecule has 0 fully saturated rings. The largest absolute Gasteiger partial charge is 0.334 e. The van der Waals surface area contributed by atoms with Crippen LogP contribution in [0.25, 0.3) is 0 Å². The van der Waals surface area contributed by atoms with E-state index in [1.54, 1.807) is 12.3 Å². The minimum absolute atomic E-state index is 0.00504. The van der Waals surface area contributed by atoms with E-state index in [1.165, 1.54) is 10.6 Å². The summed E-state index contributed by atoms with van der Waals surface area (Å²) in [6, 6.07) is 10.5. The number of pyridine rings is 1. The lowest BCUT2D eigenvalue weighted by Crippen LogP contribution is -2.29.